The molecule has 0 aliphatic rings. The number of benzene rings is 1. The van der Waals surface area contributed by atoms with Gasteiger partial charge in [0.25, 0.3) is 0 Å². The number of thiazole rings is 1. The van der Waals surface area contributed by atoms with E-state index in [1.54, 1.807) is 16.8 Å². The maximum atomic E-state index is 6.12. The molecule has 1 heterocycles. The Kier molecular flexibility index (Phi) is 3.99. The summed E-state index contributed by atoms with van der Waals surface area (Å²) in [6.45, 7) is 2.35. The quantitative estimate of drug-likeness (QED) is 0.925. The highest BCUT2D eigenvalue weighted by Gasteiger charge is 2.06. The first-order chi connectivity index (χ1) is 8.16. The molecule has 2 rings (SSSR count). The van der Waals surface area contributed by atoms with Gasteiger partial charge in [-0.1, -0.05) is 17.7 Å². The average Bonchev–Trinajstić information content (AvgIpc) is 2.80. The summed E-state index contributed by atoms with van der Waals surface area (Å²) < 4.78 is 5.59. The first-order valence-electron chi connectivity index (χ1n) is 5.21. The number of nitrogens with zero attached hydrogens (tertiary/aromatic N) is 1. The van der Waals surface area contributed by atoms with Crippen molar-refractivity contribution in [2.75, 3.05) is 0 Å². The van der Waals surface area contributed by atoms with Crippen LogP contribution in [0.2, 0.25) is 5.02 Å². The van der Waals surface area contributed by atoms with Gasteiger partial charge >= 0.3 is 0 Å². The van der Waals surface area contributed by atoms with Crippen molar-refractivity contribution in [3.8, 4) is 5.75 Å². The van der Waals surface area contributed by atoms with Crippen molar-refractivity contribution in [2.45, 2.75) is 19.6 Å². The standard InChI is InChI=1S/C12H13ClN2OS/c1-8(14)9-2-3-12(11(13)4-9)16-5-10-6-17-7-15-10/h2-4,6-8H,5,14H2,1H3. The van der Waals surface area contributed by atoms with Gasteiger partial charge in [-0.25, -0.2) is 4.98 Å². The molecule has 0 saturated heterocycles. The summed E-state index contributed by atoms with van der Waals surface area (Å²) in [5.74, 6) is 0.657. The van der Waals surface area contributed by atoms with E-state index >= 15 is 0 Å². The zero-order valence-corrected chi connectivity index (χ0v) is 11.0. The molecule has 0 aliphatic carbocycles. The van der Waals surface area contributed by atoms with Gasteiger partial charge in [-0.05, 0) is 24.6 Å². The highest BCUT2D eigenvalue weighted by molar-refractivity contribution is 7.07. The van der Waals surface area contributed by atoms with E-state index in [-0.39, 0.29) is 6.04 Å². The topological polar surface area (TPSA) is 48.1 Å². The minimum atomic E-state index is -0.0277. The van der Waals surface area contributed by atoms with Crippen LogP contribution in [-0.2, 0) is 6.61 Å². The Morgan fingerprint density at radius 2 is 2.35 bits per heavy atom. The predicted octanol–water partition coefficient (Wildman–Crippen LogP) is 3.40. The van der Waals surface area contributed by atoms with Crippen LogP contribution in [0.5, 0.6) is 5.75 Å². The number of aromatic nitrogens is 1. The minimum absolute atomic E-state index is 0.0277. The van der Waals surface area contributed by atoms with Crippen LogP contribution < -0.4 is 10.5 Å². The van der Waals surface area contributed by atoms with Crippen molar-refractivity contribution in [2.24, 2.45) is 5.73 Å². The molecular formula is C12H13ClN2OS. The summed E-state index contributed by atoms with van der Waals surface area (Å²) in [6.07, 6.45) is 0. The van der Waals surface area contributed by atoms with Gasteiger partial charge in [0.2, 0.25) is 0 Å². The Morgan fingerprint density at radius 1 is 1.53 bits per heavy atom. The normalized spacial score (nSPS) is 12.4. The van der Waals surface area contributed by atoms with Crippen molar-refractivity contribution in [3.05, 3.63) is 45.4 Å². The van der Waals surface area contributed by atoms with Crippen LogP contribution in [0.3, 0.4) is 0 Å². The fraction of sp³-hybridized carbons (Fsp3) is 0.250. The van der Waals surface area contributed by atoms with Gasteiger partial charge in [0.1, 0.15) is 12.4 Å². The van der Waals surface area contributed by atoms with Crippen molar-refractivity contribution in [3.63, 3.8) is 0 Å². The molecule has 2 N–H and O–H groups in total. The first-order valence-corrected chi connectivity index (χ1v) is 6.54. The minimum Gasteiger partial charge on any atom is -0.486 e. The Balaban J connectivity index is 2.06. The molecule has 1 aromatic heterocycles. The van der Waals surface area contributed by atoms with E-state index in [2.05, 4.69) is 4.98 Å². The molecule has 0 spiro atoms. The highest BCUT2D eigenvalue weighted by Crippen LogP contribution is 2.27. The van der Waals surface area contributed by atoms with Gasteiger partial charge in [-0.15, -0.1) is 11.3 Å². The van der Waals surface area contributed by atoms with Crippen LogP contribution in [-0.4, -0.2) is 4.98 Å². The molecule has 0 aliphatic heterocycles. The van der Waals surface area contributed by atoms with E-state index in [9.17, 15) is 0 Å². The molecule has 1 aromatic carbocycles. The van der Waals surface area contributed by atoms with Crippen molar-refractivity contribution >= 4 is 22.9 Å². The lowest BCUT2D eigenvalue weighted by molar-refractivity contribution is 0.302. The third kappa shape index (κ3) is 3.19. The molecule has 3 nitrogen and oxygen atoms in total. The average molecular weight is 269 g/mol. The predicted molar refractivity (Wildman–Crippen MR) is 70.5 cm³/mol. The summed E-state index contributed by atoms with van der Waals surface area (Å²) >= 11 is 7.66. The fourth-order valence-electron chi connectivity index (χ4n) is 1.38. The number of rotatable bonds is 4. The van der Waals surface area contributed by atoms with Crippen LogP contribution in [0.15, 0.2) is 29.1 Å². The van der Waals surface area contributed by atoms with Crippen LogP contribution in [0.25, 0.3) is 0 Å². The molecular weight excluding hydrogens is 256 g/mol. The van der Waals surface area contributed by atoms with E-state index in [1.807, 2.05) is 30.5 Å². The highest BCUT2D eigenvalue weighted by atomic mass is 35.5. The van der Waals surface area contributed by atoms with E-state index in [4.69, 9.17) is 22.1 Å². The number of halogens is 1. The number of nitrogens with two attached hydrogens (primary N) is 1. The number of hydrogen-bond acceptors (Lipinski definition) is 4. The van der Waals surface area contributed by atoms with Crippen molar-refractivity contribution in [1.82, 2.24) is 4.98 Å². The summed E-state index contributed by atoms with van der Waals surface area (Å²) in [5.41, 5.74) is 9.45. The molecule has 0 amide bonds. The summed E-state index contributed by atoms with van der Waals surface area (Å²) in [6, 6.07) is 5.57. The molecule has 1 unspecified atom stereocenters. The SMILES string of the molecule is CC(N)c1ccc(OCc2cscn2)c(Cl)c1. The molecule has 2 aromatic rings. The Morgan fingerprint density at radius 3 is 2.94 bits per heavy atom. The van der Waals surface area contributed by atoms with Gasteiger partial charge in [-0.2, -0.15) is 0 Å². The summed E-state index contributed by atoms with van der Waals surface area (Å²) in [4.78, 5) is 4.14. The third-order valence-electron chi connectivity index (χ3n) is 2.34. The van der Waals surface area contributed by atoms with Crippen LogP contribution in [0.1, 0.15) is 24.2 Å². The van der Waals surface area contributed by atoms with Gasteiger partial charge < -0.3 is 10.5 Å². The second kappa shape index (κ2) is 5.49. The van der Waals surface area contributed by atoms with Gasteiger partial charge in [0.15, 0.2) is 0 Å². The zero-order chi connectivity index (χ0) is 12.3. The molecule has 17 heavy (non-hydrogen) atoms. The van der Waals surface area contributed by atoms with Crippen LogP contribution in [0.4, 0.5) is 0 Å². The Bertz CT molecular complexity index is 485. The summed E-state index contributed by atoms with van der Waals surface area (Å²) in [5, 5.41) is 2.53. The lowest BCUT2D eigenvalue weighted by Gasteiger charge is -2.10. The second-order valence-electron chi connectivity index (χ2n) is 3.75. The number of hydrogen-bond donors (Lipinski definition) is 1. The van der Waals surface area contributed by atoms with E-state index in [0.29, 0.717) is 17.4 Å². The molecule has 1 atom stereocenters. The zero-order valence-electron chi connectivity index (χ0n) is 9.39. The van der Waals surface area contributed by atoms with Gasteiger partial charge in [0, 0.05) is 11.4 Å². The number of ether oxygens (including phenoxy) is 1. The fourth-order valence-corrected chi connectivity index (χ4v) is 2.16. The molecule has 0 radical (unpaired) electrons. The molecule has 90 valence electrons. The van der Waals surface area contributed by atoms with Gasteiger partial charge in [-0.3, -0.25) is 0 Å². The lowest BCUT2D eigenvalue weighted by Crippen LogP contribution is -2.05. The molecule has 0 bridgehead atoms. The first kappa shape index (κ1) is 12.4. The summed E-state index contributed by atoms with van der Waals surface area (Å²) in [7, 11) is 0. The molecule has 0 saturated carbocycles. The Labute approximate surface area is 109 Å². The lowest BCUT2D eigenvalue weighted by atomic mass is 10.1. The smallest absolute Gasteiger partial charge is 0.138 e. The maximum Gasteiger partial charge on any atom is 0.138 e. The van der Waals surface area contributed by atoms with Crippen LogP contribution in [0, 0.1) is 0 Å². The maximum absolute atomic E-state index is 6.12. The van der Waals surface area contributed by atoms with Crippen molar-refractivity contribution in [1.29, 1.82) is 0 Å². The second-order valence-corrected chi connectivity index (χ2v) is 4.87. The van der Waals surface area contributed by atoms with E-state index in [0.717, 1.165) is 11.3 Å². The third-order valence-corrected chi connectivity index (χ3v) is 3.27. The van der Waals surface area contributed by atoms with E-state index < -0.39 is 0 Å². The molecule has 0 fully saturated rings. The largest absolute Gasteiger partial charge is 0.486 e. The monoisotopic (exact) mass is 268 g/mol. The molecule has 5 heteroatoms. The van der Waals surface area contributed by atoms with Crippen LogP contribution >= 0.6 is 22.9 Å². The van der Waals surface area contributed by atoms with E-state index in [1.165, 1.54) is 0 Å². The Hall–Kier alpha value is -1.10. The van der Waals surface area contributed by atoms with Crippen molar-refractivity contribution < 1.29 is 4.74 Å². The van der Waals surface area contributed by atoms with Gasteiger partial charge in [0.05, 0.1) is 16.2 Å².